The molecule has 0 radical (unpaired) electrons. The Bertz CT molecular complexity index is 539. The summed E-state index contributed by atoms with van der Waals surface area (Å²) in [7, 11) is 0. The first-order valence-corrected chi connectivity index (χ1v) is 5.79. The molecule has 0 aliphatic rings. The first kappa shape index (κ1) is 12.1. The molecule has 18 heavy (non-hydrogen) atoms. The lowest BCUT2D eigenvalue weighted by molar-refractivity contribution is -0.131. The summed E-state index contributed by atoms with van der Waals surface area (Å²) >= 11 is 0. The average Bonchev–Trinajstić information content (AvgIpc) is 2.40. The van der Waals surface area contributed by atoms with Crippen LogP contribution in [0.4, 0.5) is 0 Å². The van der Waals surface area contributed by atoms with Gasteiger partial charge in [-0.1, -0.05) is 60.7 Å². The van der Waals surface area contributed by atoms with Crippen LogP contribution in [0.25, 0.3) is 11.1 Å². The van der Waals surface area contributed by atoms with E-state index in [1.165, 1.54) is 17.2 Å². The first-order valence-electron chi connectivity index (χ1n) is 5.79. The number of aliphatic carboxylic acids is 1. The minimum atomic E-state index is -0.907. The summed E-state index contributed by atoms with van der Waals surface area (Å²) in [6, 6.07) is 18.3. The highest BCUT2D eigenvalue weighted by Crippen LogP contribution is 2.19. The number of rotatable bonds is 4. The van der Waals surface area contributed by atoms with Gasteiger partial charge in [-0.25, -0.2) is 4.79 Å². The van der Waals surface area contributed by atoms with Crippen molar-refractivity contribution in [1.29, 1.82) is 0 Å². The van der Waals surface area contributed by atoms with E-state index in [1.807, 2.05) is 30.3 Å². The van der Waals surface area contributed by atoms with Crippen LogP contribution in [0.15, 0.2) is 66.7 Å². The molecule has 0 aliphatic heterocycles. The standard InChI is InChI=1S/C16H14O2/c17-16(18)8-4-5-13-9-11-15(12-10-13)14-6-2-1-3-7-14/h1-4,6-12H,5H2,(H,17,18). The van der Waals surface area contributed by atoms with Crippen molar-refractivity contribution >= 4 is 5.97 Å². The van der Waals surface area contributed by atoms with Crippen molar-refractivity contribution in [2.24, 2.45) is 0 Å². The highest BCUT2D eigenvalue weighted by molar-refractivity contribution is 5.79. The Kier molecular flexibility index (Phi) is 3.92. The lowest BCUT2D eigenvalue weighted by Gasteiger charge is -2.02. The molecule has 2 aromatic rings. The lowest BCUT2D eigenvalue weighted by atomic mass is 10.0. The van der Waals surface area contributed by atoms with Crippen LogP contribution in [0.3, 0.4) is 0 Å². The van der Waals surface area contributed by atoms with E-state index < -0.39 is 5.97 Å². The molecule has 0 amide bonds. The topological polar surface area (TPSA) is 37.3 Å². The molecular formula is C16H14O2. The molecule has 0 bridgehead atoms. The van der Waals surface area contributed by atoms with E-state index in [0.29, 0.717) is 6.42 Å². The van der Waals surface area contributed by atoms with E-state index in [9.17, 15) is 4.79 Å². The number of benzene rings is 2. The Morgan fingerprint density at radius 2 is 1.56 bits per heavy atom. The number of hydrogen-bond donors (Lipinski definition) is 1. The first-order chi connectivity index (χ1) is 8.75. The van der Waals surface area contributed by atoms with Gasteiger partial charge in [0.2, 0.25) is 0 Å². The summed E-state index contributed by atoms with van der Waals surface area (Å²) in [5.74, 6) is -0.907. The zero-order chi connectivity index (χ0) is 12.8. The summed E-state index contributed by atoms with van der Waals surface area (Å²) in [6.07, 6.45) is 3.46. The fraction of sp³-hybridized carbons (Fsp3) is 0.0625. The van der Waals surface area contributed by atoms with Gasteiger partial charge in [0.05, 0.1) is 0 Å². The third kappa shape index (κ3) is 3.32. The van der Waals surface area contributed by atoms with Gasteiger partial charge in [-0.3, -0.25) is 0 Å². The average molecular weight is 238 g/mol. The Morgan fingerprint density at radius 3 is 2.17 bits per heavy atom. The fourth-order valence-electron chi connectivity index (χ4n) is 1.76. The van der Waals surface area contributed by atoms with Crippen LogP contribution in [0.5, 0.6) is 0 Å². The summed E-state index contributed by atoms with van der Waals surface area (Å²) in [5.41, 5.74) is 3.46. The van der Waals surface area contributed by atoms with Gasteiger partial charge in [0.1, 0.15) is 0 Å². The molecule has 0 atom stereocenters. The fourth-order valence-corrected chi connectivity index (χ4v) is 1.76. The van der Waals surface area contributed by atoms with E-state index in [2.05, 4.69) is 24.3 Å². The van der Waals surface area contributed by atoms with E-state index in [-0.39, 0.29) is 0 Å². The largest absolute Gasteiger partial charge is 0.478 e. The van der Waals surface area contributed by atoms with E-state index in [4.69, 9.17) is 5.11 Å². The molecule has 0 heterocycles. The summed E-state index contributed by atoms with van der Waals surface area (Å²) in [5, 5.41) is 8.50. The van der Waals surface area contributed by atoms with Crippen molar-refractivity contribution in [3.63, 3.8) is 0 Å². The summed E-state index contributed by atoms with van der Waals surface area (Å²) in [6.45, 7) is 0. The van der Waals surface area contributed by atoms with Gasteiger partial charge >= 0.3 is 5.97 Å². The van der Waals surface area contributed by atoms with Crippen LogP contribution in [-0.4, -0.2) is 11.1 Å². The third-order valence-corrected chi connectivity index (χ3v) is 2.68. The smallest absolute Gasteiger partial charge is 0.327 e. The molecule has 0 saturated carbocycles. The normalized spacial score (nSPS) is 10.7. The van der Waals surface area contributed by atoms with Crippen molar-refractivity contribution in [2.45, 2.75) is 6.42 Å². The lowest BCUT2D eigenvalue weighted by Crippen LogP contribution is -1.87. The highest BCUT2D eigenvalue weighted by atomic mass is 16.4. The number of allylic oxidation sites excluding steroid dienone is 1. The van der Waals surface area contributed by atoms with Crippen LogP contribution < -0.4 is 0 Å². The maximum Gasteiger partial charge on any atom is 0.327 e. The molecule has 0 saturated heterocycles. The zero-order valence-corrected chi connectivity index (χ0v) is 9.91. The maximum absolute atomic E-state index is 10.3. The van der Waals surface area contributed by atoms with Crippen LogP contribution in [-0.2, 0) is 11.2 Å². The minimum absolute atomic E-state index is 0.640. The Labute approximate surface area is 106 Å². The second-order valence-corrected chi connectivity index (χ2v) is 4.01. The van der Waals surface area contributed by atoms with Gasteiger partial charge in [-0.05, 0) is 23.1 Å². The number of hydrogen-bond acceptors (Lipinski definition) is 1. The van der Waals surface area contributed by atoms with E-state index in [1.54, 1.807) is 6.08 Å². The van der Waals surface area contributed by atoms with Crippen LogP contribution in [0.2, 0.25) is 0 Å². The van der Waals surface area contributed by atoms with Crippen molar-refractivity contribution in [2.75, 3.05) is 0 Å². The van der Waals surface area contributed by atoms with Gasteiger partial charge in [0.25, 0.3) is 0 Å². The molecule has 1 N–H and O–H groups in total. The molecule has 0 fully saturated rings. The molecule has 2 rings (SSSR count). The Hall–Kier alpha value is -2.35. The number of carboxylic acids is 1. The van der Waals surface area contributed by atoms with Crippen molar-refractivity contribution in [1.82, 2.24) is 0 Å². The molecule has 0 aromatic heterocycles. The SMILES string of the molecule is O=C(O)C=CCc1ccc(-c2ccccc2)cc1. The molecule has 2 nitrogen and oxygen atoms in total. The van der Waals surface area contributed by atoms with Crippen molar-refractivity contribution < 1.29 is 9.90 Å². The predicted octanol–water partition coefficient (Wildman–Crippen LogP) is 3.54. The van der Waals surface area contributed by atoms with E-state index >= 15 is 0 Å². The molecule has 2 heteroatoms. The molecule has 2 aromatic carbocycles. The van der Waals surface area contributed by atoms with Gasteiger partial charge in [0, 0.05) is 6.08 Å². The Balaban J connectivity index is 2.09. The second-order valence-electron chi connectivity index (χ2n) is 4.01. The monoisotopic (exact) mass is 238 g/mol. The molecule has 0 spiro atoms. The van der Waals surface area contributed by atoms with Crippen LogP contribution in [0.1, 0.15) is 5.56 Å². The van der Waals surface area contributed by atoms with Gasteiger partial charge < -0.3 is 5.11 Å². The molecule has 0 unspecified atom stereocenters. The highest BCUT2D eigenvalue weighted by Gasteiger charge is 1.96. The zero-order valence-electron chi connectivity index (χ0n) is 9.91. The van der Waals surface area contributed by atoms with Gasteiger partial charge in [0.15, 0.2) is 0 Å². The van der Waals surface area contributed by atoms with Crippen LogP contribution in [0, 0.1) is 0 Å². The quantitative estimate of drug-likeness (QED) is 0.827. The maximum atomic E-state index is 10.3. The second kappa shape index (κ2) is 5.82. The third-order valence-electron chi connectivity index (χ3n) is 2.68. The summed E-state index contributed by atoms with van der Waals surface area (Å²) < 4.78 is 0. The van der Waals surface area contributed by atoms with Gasteiger partial charge in [-0.2, -0.15) is 0 Å². The molecular weight excluding hydrogens is 224 g/mol. The van der Waals surface area contributed by atoms with Crippen molar-refractivity contribution in [3.8, 4) is 11.1 Å². The molecule has 90 valence electrons. The predicted molar refractivity (Wildman–Crippen MR) is 72.4 cm³/mol. The summed E-state index contributed by atoms with van der Waals surface area (Å²) in [4.78, 5) is 10.3. The minimum Gasteiger partial charge on any atom is -0.478 e. The number of carboxylic acid groups (broad SMARTS) is 1. The molecule has 0 aliphatic carbocycles. The van der Waals surface area contributed by atoms with Gasteiger partial charge in [-0.15, -0.1) is 0 Å². The van der Waals surface area contributed by atoms with Crippen LogP contribution >= 0.6 is 0 Å². The number of carbonyl (C=O) groups is 1. The Morgan fingerprint density at radius 1 is 0.944 bits per heavy atom. The van der Waals surface area contributed by atoms with E-state index in [0.717, 1.165) is 5.56 Å². The van der Waals surface area contributed by atoms with Crippen molar-refractivity contribution in [3.05, 3.63) is 72.3 Å².